The van der Waals surface area contributed by atoms with Crippen molar-refractivity contribution in [1.29, 1.82) is 0 Å². The predicted octanol–water partition coefficient (Wildman–Crippen LogP) is 0.588. The van der Waals surface area contributed by atoms with Gasteiger partial charge in [-0.15, -0.1) is 0 Å². The number of aromatic amines is 1. The van der Waals surface area contributed by atoms with Gasteiger partial charge in [0.15, 0.2) is 0 Å². The zero-order valence-corrected chi connectivity index (χ0v) is 5.42. The Hall–Kier alpha value is -1.52. The number of carbonyl (C=O) groups is 1. The van der Waals surface area contributed by atoms with Crippen LogP contribution in [0.2, 0.25) is 0 Å². The van der Waals surface area contributed by atoms with Crippen LogP contribution in [0, 0.1) is 0 Å². The summed E-state index contributed by atoms with van der Waals surface area (Å²) in [5, 5.41) is 2.34. The first kappa shape index (κ1) is 6.60. The lowest BCUT2D eigenvalue weighted by molar-refractivity contribution is 0.186. The molecular weight excluding hydrogens is 134 g/mol. The van der Waals surface area contributed by atoms with Gasteiger partial charge in [0.05, 0.1) is 7.11 Å². The molecule has 0 saturated carbocycles. The topological polar surface area (TPSA) is 67.0 Å². The molecule has 0 saturated heterocycles. The number of anilines is 1. The number of amides is 1. The van der Waals surface area contributed by atoms with Gasteiger partial charge in [0.1, 0.15) is 0 Å². The van der Waals surface area contributed by atoms with E-state index in [4.69, 9.17) is 0 Å². The number of hydrogen-bond donors (Lipinski definition) is 2. The number of methoxy groups -OCH3 is 1. The normalized spacial score (nSPS) is 8.90. The molecule has 0 spiro atoms. The maximum absolute atomic E-state index is 10.5. The summed E-state index contributed by atoms with van der Waals surface area (Å²) in [6, 6.07) is 0. The van der Waals surface area contributed by atoms with Gasteiger partial charge >= 0.3 is 6.09 Å². The smallest absolute Gasteiger partial charge is 0.413 e. The third-order valence-electron chi connectivity index (χ3n) is 0.904. The standard InChI is InChI=1S/C5H7N3O2/c1-10-5(9)8-4-6-2-3-7-4/h2-3H,1H3,(H2,6,7,8,9). The predicted molar refractivity (Wildman–Crippen MR) is 34.6 cm³/mol. The third-order valence-corrected chi connectivity index (χ3v) is 0.904. The minimum absolute atomic E-state index is 0.381. The Bertz CT molecular complexity index is 207. The molecule has 5 heteroatoms. The van der Waals surface area contributed by atoms with Crippen LogP contribution in [0.15, 0.2) is 12.4 Å². The minimum Gasteiger partial charge on any atom is -0.453 e. The molecule has 0 unspecified atom stereocenters. The molecule has 0 aliphatic heterocycles. The molecule has 1 heterocycles. The lowest BCUT2D eigenvalue weighted by atomic mass is 10.9. The van der Waals surface area contributed by atoms with Gasteiger partial charge in [-0.25, -0.2) is 9.78 Å². The van der Waals surface area contributed by atoms with Crippen LogP contribution in [-0.4, -0.2) is 23.2 Å². The summed E-state index contributed by atoms with van der Waals surface area (Å²) in [5.74, 6) is 0.381. The summed E-state index contributed by atoms with van der Waals surface area (Å²) >= 11 is 0. The first-order chi connectivity index (χ1) is 4.83. The Kier molecular flexibility index (Phi) is 1.89. The van der Waals surface area contributed by atoms with E-state index >= 15 is 0 Å². The largest absolute Gasteiger partial charge is 0.453 e. The number of carbonyl (C=O) groups excluding carboxylic acids is 1. The van der Waals surface area contributed by atoms with Crippen LogP contribution in [0.3, 0.4) is 0 Å². The van der Waals surface area contributed by atoms with E-state index in [9.17, 15) is 4.79 Å². The van der Waals surface area contributed by atoms with E-state index in [0.29, 0.717) is 5.95 Å². The lowest BCUT2D eigenvalue weighted by Gasteiger charge is -1.96. The van der Waals surface area contributed by atoms with Crippen molar-refractivity contribution in [3.63, 3.8) is 0 Å². The van der Waals surface area contributed by atoms with Crippen molar-refractivity contribution >= 4 is 12.0 Å². The maximum atomic E-state index is 10.5. The molecule has 1 rings (SSSR count). The number of nitrogens with one attached hydrogen (secondary N) is 2. The zero-order chi connectivity index (χ0) is 7.40. The van der Waals surface area contributed by atoms with E-state index in [1.54, 1.807) is 6.20 Å². The van der Waals surface area contributed by atoms with Crippen molar-refractivity contribution in [2.45, 2.75) is 0 Å². The average Bonchev–Trinajstić information content (AvgIpc) is 2.40. The first-order valence-electron chi connectivity index (χ1n) is 2.67. The van der Waals surface area contributed by atoms with E-state index in [1.165, 1.54) is 13.3 Å². The highest BCUT2D eigenvalue weighted by Gasteiger charge is 1.99. The van der Waals surface area contributed by atoms with Crippen molar-refractivity contribution in [2.24, 2.45) is 0 Å². The second-order valence-electron chi connectivity index (χ2n) is 1.55. The highest BCUT2D eigenvalue weighted by Crippen LogP contribution is 1.94. The second kappa shape index (κ2) is 2.86. The van der Waals surface area contributed by atoms with Gasteiger partial charge in [-0.05, 0) is 0 Å². The van der Waals surface area contributed by atoms with Crippen LogP contribution in [0.5, 0.6) is 0 Å². The van der Waals surface area contributed by atoms with E-state index in [-0.39, 0.29) is 0 Å². The number of ether oxygens (including phenoxy) is 1. The van der Waals surface area contributed by atoms with Crippen LogP contribution in [-0.2, 0) is 4.74 Å². The molecule has 0 atom stereocenters. The second-order valence-corrected chi connectivity index (χ2v) is 1.55. The molecule has 5 nitrogen and oxygen atoms in total. The van der Waals surface area contributed by atoms with Crippen LogP contribution in [0.4, 0.5) is 10.7 Å². The van der Waals surface area contributed by atoms with Crippen molar-refractivity contribution in [3.8, 4) is 0 Å². The van der Waals surface area contributed by atoms with E-state index < -0.39 is 6.09 Å². The molecule has 1 aromatic heterocycles. The molecule has 1 aromatic rings. The first-order valence-corrected chi connectivity index (χ1v) is 2.67. The number of nitrogens with zero attached hydrogens (tertiary/aromatic N) is 1. The summed E-state index contributed by atoms with van der Waals surface area (Å²) in [6.45, 7) is 0. The van der Waals surface area contributed by atoms with Gasteiger partial charge in [-0.3, -0.25) is 5.32 Å². The fourth-order valence-corrected chi connectivity index (χ4v) is 0.481. The monoisotopic (exact) mass is 141 g/mol. The van der Waals surface area contributed by atoms with Crippen molar-refractivity contribution in [3.05, 3.63) is 12.4 Å². The number of imidazole rings is 1. The van der Waals surface area contributed by atoms with Crippen LogP contribution in [0.1, 0.15) is 0 Å². The molecule has 0 aromatic carbocycles. The summed E-state index contributed by atoms with van der Waals surface area (Å²) in [6.07, 6.45) is 2.60. The minimum atomic E-state index is -0.532. The average molecular weight is 141 g/mol. The number of rotatable bonds is 1. The molecule has 54 valence electrons. The lowest BCUT2D eigenvalue weighted by Crippen LogP contribution is -2.11. The SMILES string of the molecule is COC(=O)Nc1ncc[nH]1. The van der Waals surface area contributed by atoms with E-state index in [2.05, 4.69) is 20.0 Å². The molecular formula is C5H7N3O2. The Balaban J connectivity index is 2.48. The Morgan fingerprint density at radius 1 is 1.90 bits per heavy atom. The third kappa shape index (κ3) is 1.48. The van der Waals surface area contributed by atoms with Gasteiger partial charge < -0.3 is 9.72 Å². The quantitative estimate of drug-likeness (QED) is 0.601. The Morgan fingerprint density at radius 3 is 3.20 bits per heavy atom. The Morgan fingerprint density at radius 2 is 2.70 bits per heavy atom. The summed E-state index contributed by atoms with van der Waals surface area (Å²) in [7, 11) is 1.29. The van der Waals surface area contributed by atoms with Gasteiger partial charge in [-0.2, -0.15) is 0 Å². The summed E-state index contributed by atoms with van der Waals surface area (Å²) in [4.78, 5) is 16.9. The fourth-order valence-electron chi connectivity index (χ4n) is 0.481. The van der Waals surface area contributed by atoms with Gasteiger partial charge in [0, 0.05) is 12.4 Å². The highest BCUT2D eigenvalue weighted by atomic mass is 16.5. The zero-order valence-electron chi connectivity index (χ0n) is 5.42. The highest BCUT2D eigenvalue weighted by molar-refractivity contribution is 5.81. The molecule has 0 aliphatic rings. The van der Waals surface area contributed by atoms with Gasteiger partial charge in [0.25, 0.3) is 0 Å². The summed E-state index contributed by atoms with van der Waals surface area (Å²) in [5.41, 5.74) is 0. The van der Waals surface area contributed by atoms with Crippen molar-refractivity contribution in [1.82, 2.24) is 9.97 Å². The number of aromatic nitrogens is 2. The molecule has 10 heavy (non-hydrogen) atoms. The molecule has 1 amide bonds. The Labute approximate surface area is 57.4 Å². The molecule has 0 aliphatic carbocycles. The molecule has 0 fully saturated rings. The molecule has 2 N–H and O–H groups in total. The van der Waals surface area contributed by atoms with Gasteiger partial charge in [0.2, 0.25) is 5.95 Å². The van der Waals surface area contributed by atoms with E-state index in [1.807, 2.05) is 0 Å². The van der Waals surface area contributed by atoms with Crippen LogP contribution >= 0.6 is 0 Å². The number of hydrogen-bond acceptors (Lipinski definition) is 3. The number of H-pyrrole nitrogens is 1. The van der Waals surface area contributed by atoms with Crippen molar-refractivity contribution < 1.29 is 9.53 Å². The van der Waals surface area contributed by atoms with E-state index in [0.717, 1.165) is 0 Å². The maximum Gasteiger partial charge on any atom is 0.413 e. The van der Waals surface area contributed by atoms with Crippen LogP contribution in [0.25, 0.3) is 0 Å². The van der Waals surface area contributed by atoms with Crippen molar-refractivity contribution in [2.75, 3.05) is 12.4 Å². The summed E-state index contributed by atoms with van der Waals surface area (Å²) < 4.78 is 4.31. The van der Waals surface area contributed by atoms with Gasteiger partial charge in [-0.1, -0.05) is 0 Å². The van der Waals surface area contributed by atoms with Crippen LogP contribution < -0.4 is 5.32 Å². The molecule has 0 radical (unpaired) electrons. The molecule has 0 bridgehead atoms. The fraction of sp³-hybridized carbons (Fsp3) is 0.200.